The number of hydrogen-bond donors (Lipinski definition) is 1. The first-order chi connectivity index (χ1) is 10.6. The highest BCUT2D eigenvalue weighted by Gasteiger charge is 2.47. The molecule has 22 heavy (non-hydrogen) atoms. The van der Waals surface area contributed by atoms with E-state index in [1.165, 1.54) is 19.3 Å². The third kappa shape index (κ3) is 2.09. The molecular weight excluding hydrogens is 272 g/mol. The number of piperidine rings is 2. The minimum atomic E-state index is -0.690. The second kappa shape index (κ2) is 4.81. The van der Waals surface area contributed by atoms with Crippen LogP contribution < -0.4 is 0 Å². The maximum Gasteiger partial charge on any atom is 0.0926 e. The molecule has 0 amide bonds. The Morgan fingerprint density at radius 1 is 1.09 bits per heavy atom. The fourth-order valence-electron chi connectivity index (χ4n) is 4.57. The molecule has 2 bridgehead atoms. The first-order valence-electron chi connectivity index (χ1n) is 8.53. The van der Waals surface area contributed by atoms with Crippen LogP contribution in [0.4, 0.5) is 0 Å². The summed E-state index contributed by atoms with van der Waals surface area (Å²) in [6.45, 7) is 0. The Hall–Kier alpha value is -1.37. The van der Waals surface area contributed by atoms with E-state index in [1.54, 1.807) is 0 Å². The molecule has 3 nitrogen and oxygen atoms in total. The Kier molecular flexibility index (Phi) is 3.11. The number of fused-ring (bicyclic) bond motifs is 2. The van der Waals surface area contributed by atoms with E-state index in [9.17, 15) is 10.4 Å². The van der Waals surface area contributed by atoms with Crippen molar-refractivity contribution in [1.82, 2.24) is 4.90 Å². The van der Waals surface area contributed by atoms with Crippen molar-refractivity contribution < 1.29 is 5.11 Å². The van der Waals surface area contributed by atoms with Gasteiger partial charge in [-0.25, -0.2) is 0 Å². The molecule has 116 valence electrons. The molecule has 2 atom stereocenters. The van der Waals surface area contributed by atoms with E-state index >= 15 is 0 Å². The topological polar surface area (TPSA) is 47.3 Å². The second-order valence-electron chi connectivity index (χ2n) is 7.62. The third-order valence-electron chi connectivity index (χ3n) is 6.31. The van der Waals surface area contributed by atoms with Gasteiger partial charge in [0.2, 0.25) is 0 Å². The molecule has 3 aliphatic rings. The lowest BCUT2D eigenvalue weighted by Gasteiger charge is -2.50. The minimum Gasteiger partial charge on any atom is -0.385 e. The number of nitrogens with zero attached hydrogens (tertiary/aromatic N) is 2. The van der Waals surface area contributed by atoms with Gasteiger partial charge in [-0.15, -0.1) is 0 Å². The van der Waals surface area contributed by atoms with Crippen molar-refractivity contribution in [3.63, 3.8) is 0 Å². The lowest BCUT2D eigenvalue weighted by atomic mass is 9.72. The molecule has 1 aromatic rings. The molecule has 2 aliphatic heterocycles. The highest BCUT2D eigenvalue weighted by atomic mass is 16.3. The molecule has 1 saturated carbocycles. The van der Waals surface area contributed by atoms with E-state index in [0.29, 0.717) is 12.1 Å². The first-order valence-corrected chi connectivity index (χ1v) is 8.53. The van der Waals surface area contributed by atoms with Crippen LogP contribution in [0.3, 0.4) is 0 Å². The minimum absolute atomic E-state index is 0.232. The first kappa shape index (κ1) is 14.2. The molecule has 1 N–H and O–H groups in total. The van der Waals surface area contributed by atoms with E-state index in [4.69, 9.17) is 0 Å². The van der Waals surface area contributed by atoms with Crippen LogP contribution in [0.2, 0.25) is 0 Å². The van der Waals surface area contributed by atoms with Gasteiger partial charge in [0.15, 0.2) is 0 Å². The molecule has 1 aromatic carbocycles. The average molecular weight is 296 g/mol. The zero-order chi connectivity index (χ0) is 15.4. The molecule has 4 rings (SSSR count). The van der Waals surface area contributed by atoms with Crippen molar-refractivity contribution in [2.45, 2.75) is 68.0 Å². The SMILES string of the molecule is CN1C2CCCC1CC(O)(c1ccc(C3(C#N)CC3)cc1)C2. The Labute approximate surface area is 132 Å². The highest BCUT2D eigenvalue weighted by molar-refractivity contribution is 5.41. The van der Waals surface area contributed by atoms with Crippen LogP contribution in [-0.2, 0) is 11.0 Å². The molecule has 0 radical (unpaired) electrons. The number of hydrogen-bond acceptors (Lipinski definition) is 3. The van der Waals surface area contributed by atoms with Crippen molar-refractivity contribution in [3.8, 4) is 6.07 Å². The normalized spacial score (nSPS) is 36.6. The Bertz CT molecular complexity index is 597. The van der Waals surface area contributed by atoms with E-state index in [0.717, 1.165) is 36.8 Å². The van der Waals surface area contributed by atoms with E-state index < -0.39 is 5.60 Å². The van der Waals surface area contributed by atoms with Gasteiger partial charge in [0, 0.05) is 12.1 Å². The van der Waals surface area contributed by atoms with Gasteiger partial charge in [0.05, 0.1) is 17.1 Å². The van der Waals surface area contributed by atoms with Gasteiger partial charge in [-0.2, -0.15) is 5.26 Å². The summed E-state index contributed by atoms with van der Waals surface area (Å²) in [4.78, 5) is 2.47. The van der Waals surface area contributed by atoms with Gasteiger partial charge in [-0.1, -0.05) is 30.7 Å². The van der Waals surface area contributed by atoms with E-state index in [1.807, 2.05) is 0 Å². The van der Waals surface area contributed by atoms with Crippen molar-refractivity contribution >= 4 is 0 Å². The van der Waals surface area contributed by atoms with Gasteiger partial charge < -0.3 is 10.0 Å². The molecule has 2 saturated heterocycles. The molecular formula is C19H24N2O. The van der Waals surface area contributed by atoms with Crippen molar-refractivity contribution in [2.24, 2.45) is 0 Å². The Morgan fingerprint density at radius 3 is 2.14 bits per heavy atom. The number of aliphatic hydroxyl groups is 1. The van der Waals surface area contributed by atoms with Gasteiger partial charge in [-0.05, 0) is 56.7 Å². The smallest absolute Gasteiger partial charge is 0.0926 e. The lowest BCUT2D eigenvalue weighted by molar-refractivity contribution is -0.0874. The van der Waals surface area contributed by atoms with Crippen LogP contribution in [0.15, 0.2) is 24.3 Å². The van der Waals surface area contributed by atoms with Crippen molar-refractivity contribution in [2.75, 3.05) is 7.05 Å². The number of rotatable bonds is 2. The quantitative estimate of drug-likeness (QED) is 0.912. The summed E-state index contributed by atoms with van der Waals surface area (Å²) in [5.41, 5.74) is 1.24. The van der Waals surface area contributed by atoms with Crippen LogP contribution in [0.5, 0.6) is 0 Å². The molecule has 3 heteroatoms. The molecule has 2 unspecified atom stereocenters. The molecule has 0 spiro atoms. The van der Waals surface area contributed by atoms with Gasteiger partial charge in [0.1, 0.15) is 0 Å². The summed E-state index contributed by atoms with van der Waals surface area (Å²) in [6.07, 6.45) is 7.31. The largest absolute Gasteiger partial charge is 0.385 e. The van der Waals surface area contributed by atoms with Crippen LogP contribution in [0.1, 0.15) is 56.1 Å². The predicted molar refractivity (Wildman–Crippen MR) is 85.3 cm³/mol. The number of benzene rings is 1. The molecule has 2 heterocycles. The predicted octanol–water partition coefficient (Wildman–Crippen LogP) is 3.08. The van der Waals surface area contributed by atoms with Crippen LogP contribution in [-0.4, -0.2) is 29.1 Å². The van der Waals surface area contributed by atoms with Gasteiger partial charge >= 0.3 is 0 Å². The molecule has 3 fully saturated rings. The second-order valence-corrected chi connectivity index (χ2v) is 7.62. The summed E-state index contributed by atoms with van der Waals surface area (Å²) in [5, 5.41) is 20.6. The molecule has 0 aromatic heterocycles. The summed E-state index contributed by atoms with van der Waals surface area (Å²) >= 11 is 0. The van der Waals surface area contributed by atoms with Gasteiger partial charge in [-0.3, -0.25) is 0 Å². The summed E-state index contributed by atoms with van der Waals surface area (Å²) < 4.78 is 0. The van der Waals surface area contributed by atoms with Crippen molar-refractivity contribution in [3.05, 3.63) is 35.4 Å². The van der Waals surface area contributed by atoms with Crippen molar-refractivity contribution in [1.29, 1.82) is 5.26 Å². The van der Waals surface area contributed by atoms with Crippen LogP contribution in [0, 0.1) is 11.3 Å². The standard InChI is InChI=1S/C19H24N2O/c1-21-16-3-2-4-17(21)12-19(22,11-16)15-7-5-14(6-8-15)18(13-20)9-10-18/h5-8,16-17,22H,2-4,9-12H2,1H3. The number of nitriles is 1. The fourth-order valence-corrected chi connectivity index (χ4v) is 4.57. The van der Waals surface area contributed by atoms with Crippen LogP contribution in [0.25, 0.3) is 0 Å². The Morgan fingerprint density at radius 2 is 1.64 bits per heavy atom. The zero-order valence-corrected chi connectivity index (χ0v) is 13.3. The monoisotopic (exact) mass is 296 g/mol. The fraction of sp³-hybridized carbons (Fsp3) is 0.632. The van der Waals surface area contributed by atoms with E-state index in [-0.39, 0.29) is 5.41 Å². The van der Waals surface area contributed by atoms with Gasteiger partial charge in [0.25, 0.3) is 0 Å². The molecule has 1 aliphatic carbocycles. The third-order valence-corrected chi connectivity index (χ3v) is 6.31. The zero-order valence-electron chi connectivity index (χ0n) is 13.3. The van der Waals surface area contributed by atoms with E-state index in [2.05, 4.69) is 42.3 Å². The Balaban J connectivity index is 1.60. The summed E-state index contributed by atoms with van der Waals surface area (Å²) in [5.74, 6) is 0. The maximum atomic E-state index is 11.2. The summed E-state index contributed by atoms with van der Waals surface area (Å²) in [6, 6.07) is 11.7. The highest BCUT2D eigenvalue weighted by Crippen LogP contribution is 2.48. The van der Waals surface area contributed by atoms with Crippen LogP contribution >= 0.6 is 0 Å². The lowest BCUT2D eigenvalue weighted by Crippen LogP contribution is -2.55. The average Bonchev–Trinajstić information content (AvgIpc) is 3.31. The maximum absolute atomic E-state index is 11.2. The summed E-state index contributed by atoms with van der Waals surface area (Å²) in [7, 11) is 2.21.